The number of hydrogen-bond donors (Lipinski definition) is 1. The average Bonchev–Trinajstić information content (AvgIpc) is 2.95. The number of carbonyl (C=O) groups excluding carboxylic acids is 1. The zero-order valence-corrected chi connectivity index (χ0v) is 13.7. The Morgan fingerprint density at radius 3 is 2.75 bits per heavy atom. The minimum Gasteiger partial charge on any atom is -0.447 e. The molecule has 0 bridgehead atoms. The molecule has 5 heteroatoms. The van der Waals surface area contributed by atoms with Crippen molar-refractivity contribution in [3.05, 3.63) is 59.7 Å². The Hall–Kier alpha value is -2.53. The van der Waals surface area contributed by atoms with E-state index in [4.69, 9.17) is 4.74 Å². The molecule has 2 aliphatic heterocycles. The van der Waals surface area contributed by atoms with Crippen LogP contribution in [0.1, 0.15) is 17.2 Å². The van der Waals surface area contributed by atoms with Crippen molar-refractivity contribution >= 4 is 17.5 Å². The minimum atomic E-state index is -0.257. The van der Waals surface area contributed by atoms with Gasteiger partial charge in [-0.3, -0.25) is 9.80 Å². The lowest BCUT2D eigenvalue weighted by Gasteiger charge is -2.26. The molecule has 124 valence electrons. The maximum Gasteiger partial charge on any atom is 0.414 e. The molecule has 24 heavy (non-hydrogen) atoms. The van der Waals surface area contributed by atoms with E-state index in [0.29, 0.717) is 19.2 Å². The van der Waals surface area contributed by atoms with Crippen LogP contribution < -0.4 is 10.2 Å². The fourth-order valence-corrected chi connectivity index (χ4v) is 3.47. The summed E-state index contributed by atoms with van der Waals surface area (Å²) in [6.07, 6.45) is -0.257. The summed E-state index contributed by atoms with van der Waals surface area (Å²) in [6, 6.07) is 17.0. The Balaban J connectivity index is 1.61. The molecule has 0 aliphatic carbocycles. The van der Waals surface area contributed by atoms with Crippen LogP contribution in [0.5, 0.6) is 0 Å². The molecule has 1 atom stereocenters. The third-order valence-corrected chi connectivity index (χ3v) is 4.78. The van der Waals surface area contributed by atoms with Crippen molar-refractivity contribution in [2.24, 2.45) is 0 Å². The van der Waals surface area contributed by atoms with Crippen molar-refractivity contribution in [3.63, 3.8) is 0 Å². The number of nitrogens with one attached hydrogen (secondary N) is 1. The molecule has 1 saturated heterocycles. The number of cyclic esters (lactones) is 1. The summed E-state index contributed by atoms with van der Waals surface area (Å²) in [5.41, 5.74) is 4.55. The highest BCUT2D eigenvalue weighted by molar-refractivity contribution is 5.89. The van der Waals surface area contributed by atoms with Crippen molar-refractivity contribution in [1.82, 2.24) is 4.90 Å². The first-order chi connectivity index (χ1) is 11.7. The molecule has 0 aromatic heterocycles. The molecule has 0 spiro atoms. The van der Waals surface area contributed by atoms with Crippen molar-refractivity contribution in [3.8, 4) is 0 Å². The molecule has 5 nitrogen and oxygen atoms in total. The largest absolute Gasteiger partial charge is 0.447 e. The van der Waals surface area contributed by atoms with Crippen LogP contribution in [0.3, 0.4) is 0 Å². The summed E-state index contributed by atoms with van der Waals surface area (Å²) in [7, 11) is 2.14. The number of ether oxygens (including phenoxy) is 1. The van der Waals surface area contributed by atoms with Crippen molar-refractivity contribution < 1.29 is 9.53 Å². The summed E-state index contributed by atoms with van der Waals surface area (Å²) in [5.74, 6) is 0. The van der Waals surface area contributed by atoms with Crippen molar-refractivity contribution in [2.75, 3.05) is 37.0 Å². The Labute approximate surface area is 141 Å². The van der Waals surface area contributed by atoms with Gasteiger partial charge in [0.05, 0.1) is 12.6 Å². The number of fused-ring (bicyclic) bond motifs is 1. The fourth-order valence-electron chi connectivity index (χ4n) is 3.47. The average molecular weight is 323 g/mol. The third-order valence-electron chi connectivity index (χ3n) is 4.78. The first kappa shape index (κ1) is 15.0. The summed E-state index contributed by atoms with van der Waals surface area (Å²) >= 11 is 0. The van der Waals surface area contributed by atoms with Gasteiger partial charge in [-0.05, 0) is 36.4 Å². The molecule has 2 heterocycles. The van der Waals surface area contributed by atoms with Gasteiger partial charge >= 0.3 is 6.09 Å². The van der Waals surface area contributed by atoms with Crippen LogP contribution >= 0.6 is 0 Å². The molecule has 2 aromatic rings. The van der Waals surface area contributed by atoms with Gasteiger partial charge in [0.2, 0.25) is 0 Å². The predicted octanol–water partition coefficient (Wildman–Crippen LogP) is 3.24. The van der Waals surface area contributed by atoms with Gasteiger partial charge in [0.25, 0.3) is 0 Å². The van der Waals surface area contributed by atoms with Gasteiger partial charge in [0.1, 0.15) is 6.61 Å². The predicted molar refractivity (Wildman–Crippen MR) is 94.3 cm³/mol. The zero-order chi connectivity index (χ0) is 16.5. The lowest BCUT2D eigenvalue weighted by molar-refractivity contribution is 0.181. The maximum atomic E-state index is 11.8. The van der Waals surface area contributed by atoms with E-state index in [1.165, 1.54) is 11.1 Å². The number of carbonyl (C=O) groups is 1. The number of anilines is 2. The number of likely N-dealkylation sites (N-methyl/N-ethyl adjacent to an activating group) is 1. The summed E-state index contributed by atoms with van der Waals surface area (Å²) in [6.45, 7) is 2.77. The Morgan fingerprint density at radius 2 is 2.00 bits per heavy atom. The van der Waals surface area contributed by atoms with Gasteiger partial charge in [-0.2, -0.15) is 0 Å². The number of amides is 1. The van der Waals surface area contributed by atoms with E-state index < -0.39 is 0 Å². The molecule has 1 amide bonds. The van der Waals surface area contributed by atoms with Crippen LogP contribution in [0, 0.1) is 0 Å². The summed E-state index contributed by atoms with van der Waals surface area (Å²) in [4.78, 5) is 15.8. The first-order valence-electron chi connectivity index (χ1n) is 8.28. The lowest BCUT2D eigenvalue weighted by Crippen LogP contribution is -2.27. The van der Waals surface area contributed by atoms with Crippen molar-refractivity contribution in [1.29, 1.82) is 0 Å². The standard InChI is InChI=1S/C19H21N3O2/c1-21-13-15-11-16(22-9-10-24-19(22)23)7-8-17(15)20-12-18(21)14-5-3-2-4-6-14/h2-8,11,18,20H,9-10,12-13H2,1H3. The monoisotopic (exact) mass is 323 g/mol. The maximum absolute atomic E-state index is 11.8. The number of hydrogen-bond acceptors (Lipinski definition) is 4. The van der Waals surface area contributed by atoms with Crippen LogP contribution in [0.25, 0.3) is 0 Å². The molecule has 2 aromatic carbocycles. The Morgan fingerprint density at radius 1 is 1.17 bits per heavy atom. The van der Waals surface area contributed by atoms with E-state index in [1.807, 2.05) is 12.1 Å². The van der Waals surface area contributed by atoms with Crippen LogP contribution in [-0.2, 0) is 11.3 Å². The van der Waals surface area contributed by atoms with Gasteiger partial charge in [0, 0.05) is 24.5 Å². The molecular weight excluding hydrogens is 302 g/mol. The van der Waals surface area contributed by atoms with Crippen LogP contribution in [0.2, 0.25) is 0 Å². The second kappa shape index (κ2) is 6.17. The smallest absolute Gasteiger partial charge is 0.414 e. The van der Waals surface area contributed by atoms with Gasteiger partial charge < -0.3 is 10.1 Å². The minimum absolute atomic E-state index is 0.257. The third kappa shape index (κ3) is 2.71. The van der Waals surface area contributed by atoms with Crippen LogP contribution in [-0.4, -0.2) is 37.7 Å². The van der Waals surface area contributed by atoms with E-state index in [9.17, 15) is 4.79 Å². The first-order valence-corrected chi connectivity index (χ1v) is 8.28. The highest BCUT2D eigenvalue weighted by Gasteiger charge is 2.26. The second-order valence-corrected chi connectivity index (χ2v) is 6.33. The van der Waals surface area contributed by atoms with E-state index in [2.05, 4.69) is 53.7 Å². The van der Waals surface area contributed by atoms with Crippen molar-refractivity contribution in [2.45, 2.75) is 12.6 Å². The molecule has 1 fully saturated rings. The molecule has 4 rings (SSSR count). The molecule has 1 unspecified atom stereocenters. The Kier molecular flexibility index (Phi) is 3.86. The zero-order valence-electron chi connectivity index (χ0n) is 13.7. The highest BCUT2D eigenvalue weighted by atomic mass is 16.6. The molecule has 2 aliphatic rings. The van der Waals surface area contributed by atoms with Crippen LogP contribution in [0.4, 0.5) is 16.2 Å². The molecule has 1 N–H and O–H groups in total. The molecule has 0 radical (unpaired) electrons. The van der Waals surface area contributed by atoms with E-state index in [-0.39, 0.29) is 6.09 Å². The van der Waals surface area contributed by atoms with Crippen LogP contribution in [0.15, 0.2) is 48.5 Å². The molecule has 0 saturated carbocycles. The topological polar surface area (TPSA) is 44.8 Å². The van der Waals surface area contributed by atoms with Gasteiger partial charge in [-0.1, -0.05) is 30.3 Å². The quantitative estimate of drug-likeness (QED) is 0.921. The normalized spacial score (nSPS) is 21.0. The summed E-state index contributed by atoms with van der Waals surface area (Å²) in [5, 5.41) is 3.56. The van der Waals surface area contributed by atoms with Gasteiger partial charge in [-0.15, -0.1) is 0 Å². The highest BCUT2D eigenvalue weighted by Crippen LogP contribution is 2.32. The van der Waals surface area contributed by atoms with E-state index in [1.54, 1.807) is 4.90 Å². The van der Waals surface area contributed by atoms with E-state index >= 15 is 0 Å². The van der Waals surface area contributed by atoms with E-state index in [0.717, 1.165) is 24.5 Å². The lowest BCUT2D eigenvalue weighted by atomic mass is 10.1. The fraction of sp³-hybridized carbons (Fsp3) is 0.316. The SMILES string of the molecule is CN1Cc2cc(N3CCOC3=O)ccc2NCC1c1ccccc1. The summed E-state index contributed by atoms with van der Waals surface area (Å²) < 4.78 is 5.05. The Bertz CT molecular complexity index is 748. The number of benzene rings is 2. The molecular formula is C19H21N3O2. The van der Waals surface area contributed by atoms with Gasteiger partial charge in [-0.25, -0.2) is 4.79 Å². The number of nitrogens with zero attached hydrogens (tertiary/aromatic N) is 2. The second-order valence-electron chi connectivity index (χ2n) is 6.33. The van der Waals surface area contributed by atoms with Gasteiger partial charge in [0.15, 0.2) is 0 Å². The number of rotatable bonds is 2.